The van der Waals surface area contributed by atoms with Crippen molar-refractivity contribution < 1.29 is 38.8 Å². The molecule has 7 heteroatoms. The van der Waals surface area contributed by atoms with Crippen LogP contribution in [0.2, 0.25) is 0 Å². The second kappa shape index (κ2) is 24.0. The van der Waals surface area contributed by atoms with Crippen molar-refractivity contribution in [3.63, 3.8) is 0 Å². The minimum Gasteiger partial charge on any atom is -0.304 e. The maximum Gasteiger partial charge on any atom is 3.00 e. The molecular weight excluding hydrogens is 1140 g/mol. The molecule has 10 aromatic rings. The molecule has 3 heterocycles. The fourth-order valence-corrected chi connectivity index (χ4v) is 9.67. The quantitative estimate of drug-likeness (QED) is 0.0960. The van der Waals surface area contributed by atoms with Gasteiger partial charge in [0, 0.05) is 41.3 Å². The molecule has 0 atom stereocenters. The fraction of sp³-hybridized carbons (Fsp3) is 0.197. The first-order valence-corrected chi connectivity index (χ1v) is 26.0. The number of hydrogen-bond donors (Lipinski definition) is 0. The first-order valence-electron chi connectivity index (χ1n) is 28.0. The zero-order valence-electron chi connectivity index (χ0n) is 48.5. The average Bonchev–Trinajstić information content (AvgIpc) is 3.67. The minimum atomic E-state index is -1.81. The van der Waals surface area contributed by atoms with E-state index in [0.29, 0.717) is 76.0 Å². The van der Waals surface area contributed by atoms with Gasteiger partial charge in [0.25, 0.3) is 0 Å². The zero-order valence-corrected chi connectivity index (χ0v) is 46.9. The van der Waals surface area contributed by atoms with E-state index >= 15 is 4.39 Å². The first-order chi connectivity index (χ1) is 38.6. The Bertz CT molecular complexity index is 3720. The normalized spacial score (nSPS) is 12.7. The molecule has 0 amide bonds. The summed E-state index contributed by atoms with van der Waals surface area (Å²) >= 11 is 0. The smallest absolute Gasteiger partial charge is 0.304 e. The molecule has 390 valence electrons. The Morgan fingerprint density at radius 2 is 0.885 bits per heavy atom. The monoisotopic (exact) mass is 1210 g/mol. The van der Waals surface area contributed by atoms with Crippen LogP contribution in [0.25, 0.3) is 78.3 Å². The summed E-state index contributed by atoms with van der Waals surface area (Å²) in [5, 5.41) is 0. The van der Waals surface area contributed by atoms with E-state index in [2.05, 4.69) is 78.9 Å². The molecule has 0 saturated carbocycles. The summed E-state index contributed by atoms with van der Waals surface area (Å²) in [4.78, 5) is 14.6. The van der Waals surface area contributed by atoms with Gasteiger partial charge in [0.15, 0.2) is 0 Å². The number of halogens is 3. The first kappa shape index (κ1) is 50.0. The zero-order chi connectivity index (χ0) is 57.3. The van der Waals surface area contributed by atoms with Gasteiger partial charge in [0.1, 0.15) is 5.82 Å². The molecule has 0 aliphatic carbocycles. The van der Waals surface area contributed by atoms with Gasteiger partial charge >= 0.3 is 20.1 Å². The molecule has 0 spiro atoms. The summed E-state index contributed by atoms with van der Waals surface area (Å²) in [7, 11) is 0. The Hall–Kier alpha value is -7.57. The van der Waals surface area contributed by atoms with E-state index < -0.39 is 41.0 Å². The third-order valence-corrected chi connectivity index (χ3v) is 13.3. The van der Waals surface area contributed by atoms with Crippen LogP contribution in [0.4, 0.5) is 13.2 Å². The summed E-state index contributed by atoms with van der Waals surface area (Å²) in [6, 6.07) is 60.6. The molecule has 0 N–H and O–H groups in total. The molecule has 0 radical (unpaired) electrons. The second-order valence-electron chi connectivity index (χ2n) is 21.6. The number of aromatic nitrogens is 3. The van der Waals surface area contributed by atoms with E-state index in [1.807, 2.05) is 96.3 Å². The van der Waals surface area contributed by atoms with E-state index in [9.17, 15) is 14.3 Å². The van der Waals surface area contributed by atoms with Crippen molar-refractivity contribution >= 4 is 0 Å². The van der Waals surface area contributed by atoms with Gasteiger partial charge in [-0.15, -0.1) is 95.6 Å². The molecule has 0 unspecified atom stereocenters. The third-order valence-electron chi connectivity index (χ3n) is 13.3. The van der Waals surface area contributed by atoms with E-state index in [1.165, 1.54) is 30.3 Å². The van der Waals surface area contributed by atoms with Crippen LogP contribution in [0.15, 0.2) is 188 Å². The van der Waals surface area contributed by atoms with Gasteiger partial charge in [-0.05, 0) is 151 Å². The van der Waals surface area contributed by atoms with E-state index in [4.69, 9.17) is 15.0 Å². The number of benzene rings is 7. The van der Waals surface area contributed by atoms with Crippen LogP contribution in [0.1, 0.15) is 80.4 Å². The summed E-state index contributed by atoms with van der Waals surface area (Å²) < 4.78 is 82.2. The Labute approximate surface area is 477 Å². The predicted octanol–water partition coefficient (Wildman–Crippen LogP) is 18.1. The number of aryl methyl sites for hydroxylation is 4. The molecule has 7 aromatic carbocycles. The van der Waals surface area contributed by atoms with E-state index in [1.54, 1.807) is 42.7 Å². The second-order valence-corrected chi connectivity index (χ2v) is 21.6. The molecule has 0 aliphatic heterocycles. The average molecular weight is 1210 g/mol. The SMILES string of the molecule is [2H]C([2H])(c1cc(-c2[c-]cc(F)cc2)ncc1CCc1cc(CCc2cnc(-c3[c-]cc(F)cc3)cc2C([2H])([2H])C(C)(C)C)cc(-c2cc(F)ccc2-c2cnc(-c3[c-]cccc3)cc2-c2ccc(-c3ccccc3)cc2)c1)C(C)(C)C.[Ir+3]. The molecule has 0 fully saturated rings. The van der Waals surface area contributed by atoms with Crippen LogP contribution in [-0.4, -0.2) is 15.0 Å². The van der Waals surface area contributed by atoms with Crippen molar-refractivity contribution in [1.29, 1.82) is 0 Å². The largest absolute Gasteiger partial charge is 3.00 e. The topological polar surface area (TPSA) is 38.7 Å². The van der Waals surface area contributed by atoms with Gasteiger partial charge in [-0.3, -0.25) is 8.78 Å². The van der Waals surface area contributed by atoms with Crippen LogP contribution in [0.5, 0.6) is 0 Å². The van der Waals surface area contributed by atoms with Gasteiger partial charge < -0.3 is 15.0 Å². The molecule has 3 nitrogen and oxygen atoms in total. The Balaban J connectivity index is 0.00000810. The molecular formula is C71H61F3IrN3. The minimum absolute atomic E-state index is 0. The Kier molecular flexibility index (Phi) is 15.4. The summed E-state index contributed by atoms with van der Waals surface area (Å²) in [6.45, 7) is 11.2. The third kappa shape index (κ3) is 13.7. The maximum atomic E-state index is 16.1. The van der Waals surface area contributed by atoms with Gasteiger partial charge in [0.2, 0.25) is 0 Å². The molecule has 0 saturated heterocycles. The number of pyridine rings is 3. The molecule has 0 aliphatic rings. The van der Waals surface area contributed by atoms with Crippen molar-refractivity contribution in [2.75, 3.05) is 0 Å². The Morgan fingerprint density at radius 1 is 0.397 bits per heavy atom. The maximum absolute atomic E-state index is 16.1. The van der Waals surface area contributed by atoms with Crippen LogP contribution in [0.3, 0.4) is 0 Å². The number of hydrogen-bond acceptors (Lipinski definition) is 3. The van der Waals surface area contributed by atoms with Crippen molar-refractivity contribution in [2.45, 2.75) is 80.0 Å². The fourth-order valence-electron chi connectivity index (χ4n) is 9.67. The van der Waals surface area contributed by atoms with Crippen LogP contribution in [0, 0.1) is 46.5 Å². The van der Waals surface area contributed by atoms with Gasteiger partial charge in [-0.25, -0.2) is 4.39 Å². The van der Waals surface area contributed by atoms with Gasteiger partial charge in [-0.2, -0.15) is 0 Å². The Morgan fingerprint density at radius 3 is 1.41 bits per heavy atom. The number of rotatable bonds is 15. The molecule has 3 aromatic heterocycles. The van der Waals surface area contributed by atoms with E-state index in [-0.39, 0.29) is 20.1 Å². The number of nitrogens with zero attached hydrogens (tertiary/aromatic N) is 3. The van der Waals surface area contributed by atoms with Crippen molar-refractivity contribution in [1.82, 2.24) is 15.0 Å². The summed E-state index contributed by atoms with van der Waals surface area (Å²) in [6.07, 6.45) is 3.37. The summed E-state index contributed by atoms with van der Waals surface area (Å²) in [5.74, 6) is -1.28. The van der Waals surface area contributed by atoms with Crippen molar-refractivity contribution in [2.24, 2.45) is 10.8 Å². The summed E-state index contributed by atoms with van der Waals surface area (Å²) in [5.41, 5.74) is 13.1. The van der Waals surface area contributed by atoms with Gasteiger partial charge in [-0.1, -0.05) is 139 Å². The van der Waals surface area contributed by atoms with E-state index in [0.717, 1.165) is 61.3 Å². The van der Waals surface area contributed by atoms with Crippen molar-refractivity contribution in [3.8, 4) is 78.3 Å². The van der Waals surface area contributed by atoms with Crippen molar-refractivity contribution in [3.05, 3.63) is 257 Å². The van der Waals surface area contributed by atoms with Crippen LogP contribution in [-0.2, 0) is 58.5 Å². The molecule has 10 rings (SSSR count). The van der Waals surface area contributed by atoms with Crippen LogP contribution >= 0.6 is 0 Å². The van der Waals surface area contributed by atoms with Crippen LogP contribution < -0.4 is 0 Å². The predicted molar refractivity (Wildman–Crippen MR) is 308 cm³/mol. The standard InChI is InChI=1S/C71H61F3N3.Ir/c1-70(2,3)42-58-38-67(53-25-29-60(72)30-26-53)75-44-55(58)19-17-47-35-48(18-20-56-45-76-68(39-59(56)43-71(4,5)6)54-27-31-61(73)32-28-54)37-57(36-47)64-40-62(74)33-34-63(64)66-46-77-69(52-15-11-8-12-16-52)41-65(66)51-23-21-50(22-24-51)49-13-9-7-10-14-49;/h7-15,21-25,27,29-41,44-46H,17-20,42-43H2,1-6H3;/q-3;+3/i42D2,43D2;. The van der Waals surface area contributed by atoms with Gasteiger partial charge in [0.05, 0.1) is 0 Å². The molecule has 0 bridgehead atoms. The molecule has 78 heavy (non-hydrogen) atoms.